The van der Waals surface area contributed by atoms with Crippen LogP contribution in [0.4, 0.5) is 0 Å². The molecule has 1 saturated heterocycles. The summed E-state index contributed by atoms with van der Waals surface area (Å²) in [5, 5.41) is 9.92. The van der Waals surface area contributed by atoms with Gasteiger partial charge in [0.05, 0.1) is 6.10 Å². The zero-order valence-electron chi connectivity index (χ0n) is 10.7. The topological polar surface area (TPSA) is 26.7 Å². The van der Waals surface area contributed by atoms with Crippen molar-refractivity contribution in [2.24, 2.45) is 0 Å². The standard InChI is InChI=1S/C13H24N2O/c1-4-5-6-7-13(16)10-12-11-14(2)8-9-15(12)3/h12-13,16H,6-11H2,1-3H3. The Morgan fingerprint density at radius 2 is 2.12 bits per heavy atom. The number of likely N-dealkylation sites (N-methyl/N-ethyl adjacent to an activating group) is 2. The molecule has 1 fully saturated rings. The third kappa shape index (κ3) is 4.52. The Balaban J connectivity index is 2.29. The second-order valence-corrected chi connectivity index (χ2v) is 4.75. The maximum absolute atomic E-state index is 9.92. The molecular formula is C13H24N2O. The number of aliphatic hydroxyl groups is 1. The summed E-state index contributed by atoms with van der Waals surface area (Å²) in [5.74, 6) is 5.87. The first-order valence-electron chi connectivity index (χ1n) is 6.10. The van der Waals surface area contributed by atoms with Gasteiger partial charge in [-0.1, -0.05) is 0 Å². The van der Waals surface area contributed by atoms with Crippen molar-refractivity contribution in [2.75, 3.05) is 33.7 Å². The molecule has 0 spiro atoms. The average molecular weight is 224 g/mol. The van der Waals surface area contributed by atoms with Crippen LogP contribution in [-0.4, -0.2) is 60.8 Å². The fraction of sp³-hybridized carbons (Fsp3) is 0.846. The fourth-order valence-corrected chi connectivity index (χ4v) is 2.15. The lowest BCUT2D eigenvalue weighted by atomic mass is 10.0. The second-order valence-electron chi connectivity index (χ2n) is 4.75. The fourth-order valence-electron chi connectivity index (χ4n) is 2.15. The number of hydrogen-bond donors (Lipinski definition) is 1. The monoisotopic (exact) mass is 224 g/mol. The van der Waals surface area contributed by atoms with E-state index < -0.39 is 0 Å². The van der Waals surface area contributed by atoms with Crippen molar-refractivity contribution in [1.82, 2.24) is 9.80 Å². The van der Waals surface area contributed by atoms with E-state index >= 15 is 0 Å². The first-order chi connectivity index (χ1) is 7.63. The molecule has 3 nitrogen and oxygen atoms in total. The van der Waals surface area contributed by atoms with E-state index in [1.807, 2.05) is 6.92 Å². The molecule has 2 atom stereocenters. The Morgan fingerprint density at radius 1 is 1.38 bits per heavy atom. The third-order valence-electron chi connectivity index (χ3n) is 3.30. The summed E-state index contributed by atoms with van der Waals surface area (Å²) in [7, 11) is 4.30. The van der Waals surface area contributed by atoms with Gasteiger partial charge < -0.3 is 14.9 Å². The van der Waals surface area contributed by atoms with Crippen LogP contribution in [0, 0.1) is 11.8 Å². The van der Waals surface area contributed by atoms with Gasteiger partial charge >= 0.3 is 0 Å². The van der Waals surface area contributed by atoms with E-state index in [1.165, 1.54) is 0 Å². The largest absolute Gasteiger partial charge is 0.393 e. The van der Waals surface area contributed by atoms with Crippen LogP contribution in [0.15, 0.2) is 0 Å². The summed E-state index contributed by atoms with van der Waals surface area (Å²) in [6.45, 7) is 5.14. The van der Waals surface area contributed by atoms with Gasteiger partial charge in [0.2, 0.25) is 0 Å². The quantitative estimate of drug-likeness (QED) is 0.715. The van der Waals surface area contributed by atoms with E-state index in [0.29, 0.717) is 6.04 Å². The highest BCUT2D eigenvalue weighted by molar-refractivity contribution is 4.95. The van der Waals surface area contributed by atoms with Gasteiger partial charge in [0.25, 0.3) is 0 Å². The van der Waals surface area contributed by atoms with E-state index in [0.717, 1.165) is 38.9 Å². The minimum Gasteiger partial charge on any atom is -0.393 e. The molecule has 0 aliphatic carbocycles. The molecule has 3 heteroatoms. The maximum Gasteiger partial charge on any atom is 0.0564 e. The van der Waals surface area contributed by atoms with Crippen LogP contribution in [0.3, 0.4) is 0 Å². The van der Waals surface area contributed by atoms with Crippen LogP contribution >= 0.6 is 0 Å². The predicted molar refractivity (Wildman–Crippen MR) is 67.2 cm³/mol. The van der Waals surface area contributed by atoms with E-state index in [1.54, 1.807) is 0 Å². The molecule has 2 unspecified atom stereocenters. The molecule has 1 rings (SSSR count). The molecule has 1 heterocycles. The van der Waals surface area contributed by atoms with Gasteiger partial charge in [0.15, 0.2) is 0 Å². The van der Waals surface area contributed by atoms with E-state index in [4.69, 9.17) is 0 Å². The van der Waals surface area contributed by atoms with E-state index in [-0.39, 0.29) is 6.10 Å². The van der Waals surface area contributed by atoms with Crippen molar-refractivity contribution >= 4 is 0 Å². The smallest absolute Gasteiger partial charge is 0.0564 e. The molecule has 0 aromatic carbocycles. The van der Waals surface area contributed by atoms with Crippen molar-refractivity contribution in [3.8, 4) is 11.8 Å². The molecule has 0 amide bonds. The van der Waals surface area contributed by atoms with Gasteiger partial charge in [-0.2, -0.15) is 0 Å². The van der Waals surface area contributed by atoms with Crippen molar-refractivity contribution in [2.45, 2.75) is 38.3 Å². The van der Waals surface area contributed by atoms with Crippen molar-refractivity contribution in [3.63, 3.8) is 0 Å². The molecule has 92 valence electrons. The molecule has 0 radical (unpaired) electrons. The van der Waals surface area contributed by atoms with Crippen molar-refractivity contribution in [1.29, 1.82) is 0 Å². The molecule has 1 aliphatic heterocycles. The van der Waals surface area contributed by atoms with Crippen LogP contribution in [0.5, 0.6) is 0 Å². The number of rotatable bonds is 4. The highest BCUT2D eigenvalue weighted by Gasteiger charge is 2.24. The van der Waals surface area contributed by atoms with Crippen LogP contribution in [0.1, 0.15) is 26.2 Å². The van der Waals surface area contributed by atoms with Gasteiger partial charge in [-0.3, -0.25) is 0 Å². The third-order valence-corrected chi connectivity index (χ3v) is 3.30. The van der Waals surface area contributed by atoms with Crippen LogP contribution in [0.25, 0.3) is 0 Å². The van der Waals surface area contributed by atoms with E-state index in [2.05, 4.69) is 35.7 Å². The number of hydrogen-bond acceptors (Lipinski definition) is 3. The van der Waals surface area contributed by atoms with Gasteiger partial charge in [-0.25, -0.2) is 0 Å². The molecule has 0 bridgehead atoms. The van der Waals surface area contributed by atoms with Crippen LogP contribution in [-0.2, 0) is 0 Å². The Hall–Kier alpha value is -0.560. The van der Waals surface area contributed by atoms with E-state index in [9.17, 15) is 5.11 Å². The van der Waals surface area contributed by atoms with Crippen LogP contribution in [0.2, 0.25) is 0 Å². The first kappa shape index (κ1) is 13.5. The summed E-state index contributed by atoms with van der Waals surface area (Å²) in [5.41, 5.74) is 0. The zero-order chi connectivity index (χ0) is 12.0. The lowest BCUT2D eigenvalue weighted by Crippen LogP contribution is -2.50. The molecule has 0 aromatic rings. The Bertz CT molecular complexity index is 256. The van der Waals surface area contributed by atoms with Crippen molar-refractivity contribution in [3.05, 3.63) is 0 Å². The molecule has 1 aliphatic rings. The Morgan fingerprint density at radius 3 is 2.81 bits per heavy atom. The average Bonchev–Trinajstić information content (AvgIpc) is 2.24. The summed E-state index contributed by atoms with van der Waals surface area (Å²) < 4.78 is 0. The van der Waals surface area contributed by atoms with Gasteiger partial charge in [-0.15, -0.1) is 11.8 Å². The molecule has 0 aromatic heterocycles. The molecule has 0 saturated carbocycles. The Kier molecular flexibility index (Phi) is 5.83. The summed E-state index contributed by atoms with van der Waals surface area (Å²) in [6.07, 6.45) is 2.27. The molecule has 1 N–H and O–H groups in total. The highest BCUT2D eigenvalue weighted by atomic mass is 16.3. The minimum atomic E-state index is -0.209. The zero-order valence-corrected chi connectivity index (χ0v) is 10.7. The van der Waals surface area contributed by atoms with Gasteiger partial charge in [0.1, 0.15) is 0 Å². The highest BCUT2D eigenvalue weighted by Crippen LogP contribution is 2.14. The normalized spacial score (nSPS) is 24.9. The first-order valence-corrected chi connectivity index (χ1v) is 6.10. The van der Waals surface area contributed by atoms with Crippen LogP contribution < -0.4 is 0 Å². The van der Waals surface area contributed by atoms with Gasteiger partial charge in [-0.05, 0) is 33.9 Å². The SMILES string of the molecule is CC#CCCC(O)CC1CN(C)CCN1C. The number of piperazine rings is 1. The second kappa shape index (κ2) is 6.90. The van der Waals surface area contributed by atoms with Gasteiger partial charge in [0, 0.05) is 32.1 Å². The summed E-state index contributed by atoms with van der Waals surface area (Å²) in [6, 6.07) is 0.489. The Labute approximate surface area is 99.4 Å². The lowest BCUT2D eigenvalue weighted by Gasteiger charge is -2.38. The maximum atomic E-state index is 9.92. The number of nitrogens with zero attached hydrogens (tertiary/aromatic N) is 2. The summed E-state index contributed by atoms with van der Waals surface area (Å²) in [4.78, 5) is 4.69. The lowest BCUT2D eigenvalue weighted by molar-refractivity contribution is 0.0611. The minimum absolute atomic E-state index is 0.209. The van der Waals surface area contributed by atoms with Crippen molar-refractivity contribution < 1.29 is 5.11 Å². The summed E-state index contributed by atoms with van der Waals surface area (Å²) >= 11 is 0. The molecule has 16 heavy (non-hydrogen) atoms. The molecular weight excluding hydrogens is 200 g/mol. The predicted octanol–water partition coefficient (Wildman–Crippen LogP) is 0.787. The number of aliphatic hydroxyl groups excluding tert-OH is 1.